The van der Waals surface area contributed by atoms with Crippen LogP contribution in [0.25, 0.3) is 11.1 Å². The average molecular weight is 482 g/mol. The SMILES string of the molecule is Cc1cc(C)c(N(c2cccc(Br)c2)c2ccc3c(c2)C(C)(C)c2ccccc2-3)c(C)c1. The van der Waals surface area contributed by atoms with Crippen molar-refractivity contribution in [3.8, 4) is 11.1 Å². The molecule has 0 fully saturated rings. The highest BCUT2D eigenvalue weighted by atomic mass is 79.9. The summed E-state index contributed by atoms with van der Waals surface area (Å²) in [4.78, 5) is 2.41. The summed E-state index contributed by atoms with van der Waals surface area (Å²) in [5, 5.41) is 0. The van der Waals surface area contributed by atoms with Crippen LogP contribution in [0.3, 0.4) is 0 Å². The molecule has 0 aromatic heterocycles. The maximum absolute atomic E-state index is 3.68. The van der Waals surface area contributed by atoms with E-state index in [2.05, 4.69) is 134 Å². The number of rotatable bonds is 3. The molecule has 0 saturated heterocycles. The van der Waals surface area contributed by atoms with Gasteiger partial charge in [0.2, 0.25) is 0 Å². The van der Waals surface area contributed by atoms with E-state index in [4.69, 9.17) is 0 Å². The second kappa shape index (κ2) is 7.64. The summed E-state index contributed by atoms with van der Waals surface area (Å²) in [6.07, 6.45) is 0. The van der Waals surface area contributed by atoms with E-state index in [1.807, 2.05) is 0 Å². The smallest absolute Gasteiger partial charge is 0.0520 e. The zero-order valence-electron chi connectivity index (χ0n) is 19.3. The zero-order valence-corrected chi connectivity index (χ0v) is 20.9. The van der Waals surface area contributed by atoms with Gasteiger partial charge in [-0.1, -0.05) is 83.9 Å². The molecule has 0 amide bonds. The van der Waals surface area contributed by atoms with Crippen LogP contribution in [0, 0.1) is 20.8 Å². The monoisotopic (exact) mass is 481 g/mol. The van der Waals surface area contributed by atoms with E-state index in [1.54, 1.807) is 0 Å². The van der Waals surface area contributed by atoms with Gasteiger partial charge in [0.1, 0.15) is 0 Å². The first-order valence-electron chi connectivity index (χ1n) is 11.2. The van der Waals surface area contributed by atoms with Gasteiger partial charge in [-0.05, 0) is 84.5 Å². The molecule has 1 nitrogen and oxygen atoms in total. The normalized spacial score (nSPS) is 13.6. The molecule has 32 heavy (non-hydrogen) atoms. The highest BCUT2D eigenvalue weighted by molar-refractivity contribution is 9.10. The van der Waals surface area contributed by atoms with E-state index in [0.717, 1.165) is 10.2 Å². The van der Waals surface area contributed by atoms with Crippen molar-refractivity contribution in [3.63, 3.8) is 0 Å². The van der Waals surface area contributed by atoms with Crippen molar-refractivity contribution in [2.75, 3.05) is 4.90 Å². The number of hydrogen-bond donors (Lipinski definition) is 0. The van der Waals surface area contributed by atoms with E-state index in [-0.39, 0.29) is 5.41 Å². The Morgan fingerprint density at radius 1 is 0.656 bits per heavy atom. The van der Waals surface area contributed by atoms with Crippen molar-refractivity contribution in [2.45, 2.75) is 40.0 Å². The second-order valence-electron chi connectivity index (χ2n) is 9.46. The van der Waals surface area contributed by atoms with Crippen LogP contribution in [0.5, 0.6) is 0 Å². The summed E-state index contributed by atoms with van der Waals surface area (Å²) in [6, 6.07) is 28.9. The Hall–Kier alpha value is -2.84. The maximum Gasteiger partial charge on any atom is 0.0520 e. The van der Waals surface area contributed by atoms with Gasteiger partial charge in [-0.2, -0.15) is 0 Å². The predicted molar refractivity (Wildman–Crippen MR) is 141 cm³/mol. The first-order valence-corrected chi connectivity index (χ1v) is 11.9. The molecule has 0 spiro atoms. The summed E-state index contributed by atoms with van der Waals surface area (Å²) in [5.74, 6) is 0. The summed E-state index contributed by atoms with van der Waals surface area (Å²) < 4.78 is 1.08. The lowest BCUT2D eigenvalue weighted by atomic mass is 9.82. The van der Waals surface area contributed by atoms with Crippen LogP contribution in [-0.4, -0.2) is 0 Å². The minimum absolute atomic E-state index is 0.0256. The molecular weight excluding hydrogens is 454 g/mol. The topological polar surface area (TPSA) is 3.24 Å². The second-order valence-corrected chi connectivity index (χ2v) is 10.4. The van der Waals surface area contributed by atoms with Crippen molar-refractivity contribution in [3.05, 3.63) is 111 Å². The van der Waals surface area contributed by atoms with Crippen molar-refractivity contribution in [2.24, 2.45) is 0 Å². The average Bonchev–Trinajstić information content (AvgIpc) is 2.98. The van der Waals surface area contributed by atoms with E-state index in [9.17, 15) is 0 Å². The van der Waals surface area contributed by atoms with Gasteiger partial charge < -0.3 is 4.90 Å². The lowest BCUT2D eigenvalue weighted by Gasteiger charge is -2.30. The molecule has 0 heterocycles. The third-order valence-corrected chi connectivity index (χ3v) is 7.24. The molecule has 1 aliphatic carbocycles. The number of hydrogen-bond acceptors (Lipinski definition) is 1. The van der Waals surface area contributed by atoms with Gasteiger partial charge in [-0.3, -0.25) is 0 Å². The molecule has 160 valence electrons. The predicted octanol–water partition coefficient (Wildman–Crippen LogP) is 9.15. The molecule has 0 N–H and O–H groups in total. The Balaban J connectivity index is 1.76. The lowest BCUT2D eigenvalue weighted by molar-refractivity contribution is 0.660. The molecule has 4 aromatic carbocycles. The molecule has 0 radical (unpaired) electrons. The molecule has 0 aliphatic heterocycles. The molecule has 0 atom stereocenters. The van der Waals surface area contributed by atoms with Crippen LogP contribution in [0.15, 0.2) is 83.3 Å². The van der Waals surface area contributed by atoms with Crippen LogP contribution in [0.1, 0.15) is 41.7 Å². The number of fused-ring (bicyclic) bond motifs is 3. The van der Waals surface area contributed by atoms with Crippen LogP contribution in [0.4, 0.5) is 17.1 Å². The van der Waals surface area contributed by atoms with Gasteiger partial charge in [-0.25, -0.2) is 0 Å². The van der Waals surface area contributed by atoms with E-state index in [1.165, 1.54) is 50.3 Å². The maximum atomic E-state index is 3.68. The number of anilines is 3. The summed E-state index contributed by atoms with van der Waals surface area (Å²) >= 11 is 3.68. The fourth-order valence-electron chi connectivity index (χ4n) is 5.38. The van der Waals surface area contributed by atoms with Crippen molar-refractivity contribution in [1.29, 1.82) is 0 Å². The molecule has 1 aliphatic rings. The molecule has 0 unspecified atom stereocenters. The number of aryl methyl sites for hydroxylation is 3. The summed E-state index contributed by atoms with van der Waals surface area (Å²) in [7, 11) is 0. The summed E-state index contributed by atoms with van der Waals surface area (Å²) in [6.45, 7) is 11.3. The number of benzene rings is 4. The quantitative estimate of drug-likeness (QED) is 0.281. The molecule has 4 aromatic rings. The Bertz CT molecular complexity index is 1330. The number of nitrogens with zero attached hydrogens (tertiary/aromatic N) is 1. The molecular formula is C30H28BrN. The largest absolute Gasteiger partial charge is 0.310 e. The van der Waals surface area contributed by atoms with Crippen LogP contribution >= 0.6 is 15.9 Å². The Morgan fingerprint density at radius 3 is 2.03 bits per heavy atom. The first-order chi connectivity index (χ1) is 15.3. The van der Waals surface area contributed by atoms with Gasteiger partial charge in [0, 0.05) is 21.3 Å². The lowest BCUT2D eigenvalue weighted by Crippen LogP contribution is -2.17. The van der Waals surface area contributed by atoms with Crippen molar-refractivity contribution >= 4 is 33.0 Å². The summed E-state index contributed by atoms with van der Waals surface area (Å²) in [5.41, 5.74) is 12.9. The minimum Gasteiger partial charge on any atom is -0.310 e. The molecule has 0 bridgehead atoms. The fraction of sp³-hybridized carbons (Fsp3) is 0.200. The molecule has 2 heteroatoms. The van der Waals surface area contributed by atoms with Gasteiger partial charge in [-0.15, -0.1) is 0 Å². The highest BCUT2D eigenvalue weighted by Gasteiger charge is 2.35. The third-order valence-electron chi connectivity index (χ3n) is 6.75. The Labute approximate surface area is 199 Å². The van der Waals surface area contributed by atoms with Crippen molar-refractivity contribution in [1.82, 2.24) is 0 Å². The molecule has 0 saturated carbocycles. The van der Waals surface area contributed by atoms with Crippen LogP contribution in [0.2, 0.25) is 0 Å². The van der Waals surface area contributed by atoms with Gasteiger partial charge in [0.15, 0.2) is 0 Å². The highest BCUT2D eigenvalue weighted by Crippen LogP contribution is 2.51. The first kappa shape index (κ1) is 21.0. The Morgan fingerprint density at radius 2 is 1.31 bits per heavy atom. The van der Waals surface area contributed by atoms with Gasteiger partial charge >= 0.3 is 0 Å². The van der Waals surface area contributed by atoms with Crippen molar-refractivity contribution < 1.29 is 0 Å². The number of halogens is 1. The van der Waals surface area contributed by atoms with E-state index < -0.39 is 0 Å². The van der Waals surface area contributed by atoms with Crippen LogP contribution in [-0.2, 0) is 5.41 Å². The van der Waals surface area contributed by atoms with E-state index in [0.29, 0.717) is 0 Å². The zero-order chi connectivity index (χ0) is 22.6. The standard InChI is InChI=1S/C30H28BrN/c1-19-15-20(2)29(21(3)16-19)32(23-10-8-9-22(31)17-23)24-13-14-26-25-11-6-7-12-27(25)30(4,5)28(26)18-24/h6-18H,1-5H3. The van der Waals surface area contributed by atoms with Gasteiger partial charge in [0.25, 0.3) is 0 Å². The molecule has 5 rings (SSSR count). The minimum atomic E-state index is -0.0256. The van der Waals surface area contributed by atoms with E-state index >= 15 is 0 Å². The third kappa shape index (κ3) is 3.29. The fourth-order valence-corrected chi connectivity index (χ4v) is 5.77. The van der Waals surface area contributed by atoms with Crippen LogP contribution < -0.4 is 4.90 Å². The van der Waals surface area contributed by atoms with Gasteiger partial charge in [0.05, 0.1) is 5.69 Å². The Kier molecular flexibility index (Phi) is 5.02.